The molecule has 0 radical (unpaired) electrons. The summed E-state index contributed by atoms with van der Waals surface area (Å²) in [5.74, 6) is 0.359. The molecule has 0 bridgehead atoms. The summed E-state index contributed by atoms with van der Waals surface area (Å²) in [5.41, 5.74) is -0.638. The summed E-state index contributed by atoms with van der Waals surface area (Å²) >= 11 is 0. The SMILES string of the molecule is CC(C)[C@@H](OC(=O)[C@H](C)NC(=O)OC(C)(C)C)[C@H](Oc1ccccc1)C(C)C. The summed E-state index contributed by atoms with van der Waals surface area (Å²) in [5, 5.41) is 2.52. The normalized spacial score (nSPS) is 14.9. The topological polar surface area (TPSA) is 73.9 Å². The molecule has 0 heterocycles. The average Bonchev–Trinajstić information content (AvgIpc) is 2.56. The molecule has 1 aromatic carbocycles. The fourth-order valence-electron chi connectivity index (χ4n) is 2.60. The molecule has 1 rings (SSSR count). The Bertz CT molecular complexity index is 622. The van der Waals surface area contributed by atoms with E-state index in [-0.39, 0.29) is 17.9 Å². The second-order valence-electron chi connectivity index (χ2n) is 8.65. The van der Waals surface area contributed by atoms with Gasteiger partial charge in [-0.2, -0.15) is 0 Å². The highest BCUT2D eigenvalue weighted by atomic mass is 16.6. The highest BCUT2D eigenvalue weighted by molar-refractivity contribution is 5.81. The average molecular weight is 394 g/mol. The lowest BCUT2D eigenvalue weighted by atomic mass is 9.93. The van der Waals surface area contributed by atoms with E-state index in [4.69, 9.17) is 14.2 Å². The van der Waals surface area contributed by atoms with Crippen LogP contribution in [0.5, 0.6) is 5.75 Å². The third kappa shape index (κ3) is 8.19. The third-order valence-electron chi connectivity index (χ3n) is 3.99. The molecule has 0 aromatic heterocycles. The monoisotopic (exact) mass is 393 g/mol. The molecule has 0 unspecified atom stereocenters. The maximum atomic E-state index is 12.6. The Labute approximate surface area is 168 Å². The van der Waals surface area contributed by atoms with Crippen LogP contribution in [0.2, 0.25) is 0 Å². The molecule has 158 valence electrons. The van der Waals surface area contributed by atoms with Crippen LogP contribution in [0.3, 0.4) is 0 Å². The van der Waals surface area contributed by atoms with Crippen LogP contribution >= 0.6 is 0 Å². The van der Waals surface area contributed by atoms with Crippen molar-refractivity contribution >= 4 is 12.1 Å². The van der Waals surface area contributed by atoms with Crippen molar-refractivity contribution in [3.63, 3.8) is 0 Å². The number of amides is 1. The molecule has 0 fully saturated rings. The molecule has 3 atom stereocenters. The maximum Gasteiger partial charge on any atom is 0.408 e. The van der Waals surface area contributed by atoms with Gasteiger partial charge in [0, 0.05) is 0 Å². The molecule has 0 aliphatic rings. The number of hydrogen-bond acceptors (Lipinski definition) is 5. The molecule has 1 amide bonds. The van der Waals surface area contributed by atoms with Crippen LogP contribution in [0.1, 0.15) is 55.4 Å². The molecule has 6 nitrogen and oxygen atoms in total. The molecular weight excluding hydrogens is 358 g/mol. The van der Waals surface area contributed by atoms with Crippen molar-refractivity contribution in [3.05, 3.63) is 30.3 Å². The van der Waals surface area contributed by atoms with Crippen LogP contribution in [0.15, 0.2) is 30.3 Å². The smallest absolute Gasteiger partial charge is 0.408 e. The molecule has 1 aromatic rings. The molecule has 0 saturated heterocycles. The van der Waals surface area contributed by atoms with E-state index in [0.717, 1.165) is 5.75 Å². The third-order valence-corrected chi connectivity index (χ3v) is 3.99. The minimum Gasteiger partial charge on any atom is -0.486 e. The van der Waals surface area contributed by atoms with Crippen LogP contribution in [0.25, 0.3) is 0 Å². The van der Waals surface area contributed by atoms with Gasteiger partial charge in [-0.05, 0) is 51.7 Å². The highest BCUT2D eigenvalue weighted by Gasteiger charge is 2.34. The zero-order valence-corrected chi connectivity index (χ0v) is 18.3. The Morgan fingerprint density at radius 3 is 1.89 bits per heavy atom. The summed E-state index contributed by atoms with van der Waals surface area (Å²) in [6.07, 6.45) is -1.44. The zero-order chi connectivity index (χ0) is 21.5. The van der Waals surface area contributed by atoms with E-state index in [1.54, 1.807) is 27.7 Å². The summed E-state index contributed by atoms with van der Waals surface area (Å²) in [6, 6.07) is 8.64. The number of nitrogens with one attached hydrogen (secondary N) is 1. The predicted molar refractivity (Wildman–Crippen MR) is 109 cm³/mol. The van der Waals surface area contributed by atoms with E-state index in [1.807, 2.05) is 58.0 Å². The Morgan fingerprint density at radius 2 is 1.43 bits per heavy atom. The summed E-state index contributed by atoms with van der Waals surface area (Å²) in [4.78, 5) is 24.5. The van der Waals surface area contributed by atoms with E-state index in [0.29, 0.717) is 0 Å². The fourth-order valence-corrected chi connectivity index (χ4v) is 2.60. The van der Waals surface area contributed by atoms with E-state index < -0.39 is 29.8 Å². The van der Waals surface area contributed by atoms with Crippen molar-refractivity contribution in [3.8, 4) is 5.75 Å². The minimum absolute atomic E-state index is 0.0359. The van der Waals surface area contributed by atoms with Gasteiger partial charge in [0.15, 0.2) is 0 Å². The largest absolute Gasteiger partial charge is 0.486 e. The predicted octanol–water partition coefficient (Wildman–Crippen LogP) is 4.57. The van der Waals surface area contributed by atoms with E-state index in [1.165, 1.54) is 0 Å². The lowest BCUT2D eigenvalue weighted by molar-refractivity contribution is -0.161. The molecule has 0 aliphatic heterocycles. The highest BCUT2D eigenvalue weighted by Crippen LogP contribution is 2.24. The summed E-state index contributed by atoms with van der Waals surface area (Å²) < 4.78 is 17.1. The van der Waals surface area contributed by atoms with Crippen molar-refractivity contribution in [2.75, 3.05) is 0 Å². The summed E-state index contributed by atoms with van der Waals surface area (Å²) in [6.45, 7) is 14.9. The first-order chi connectivity index (χ1) is 12.9. The Hall–Kier alpha value is -2.24. The maximum absolute atomic E-state index is 12.6. The first-order valence-corrected chi connectivity index (χ1v) is 9.82. The van der Waals surface area contributed by atoms with Gasteiger partial charge >= 0.3 is 12.1 Å². The first kappa shape index (κ1) is 23.8. The van der Waals surface area contributed by atoms with Gasteiger partial charge in [0.1, 0.15) is 29.6 Å². The number of ether oxygens (including phenoxy) is 3. The van der Waals surface area contributed by atoms with Crippen molar-refractivity contribution in [1.82, 2.24) is 5.32 Å². The number of carbonyl (C=O) groups is 2. The fraction of sp³-hybridized carbons (Fsp3) is 0.636. The Balaban J connectivity index is 2.82. The van der Waals surface area contributed by atoms with Crippen molar-refractivity contribution in [1.29, 1.82) is 0 Å². The molecule has 0 spiro atoms. The summed E-state index contributed by atoms with van der Waals surface area (Å²) in [7, 11) is 0. The van der Waals surface area contributed by atoms with Gasteiger partial charge in [-0.3, -0.25) is 0 Å². The number of hydrogen-bond donors (Lipinski definition) is 1. The van der Waals surface area contributed by atoms with Crippen LogP contribution in [-0.2, 0) is 14.3 Å². The second kappa shape index (κ2) is 10.3. The standard InChI is InChI=1S/C22H35NO5/c1-14(2)18(26-17-12-10-9-11-13-17)19(15(3)4)27-20(24)16(5)23-21(25)28-22(6,7)8/h9-16,18-19H,1-8H3,(H,23,25)/t16-,18+,19+/m0/s1. The molecule has 0 aliphatic carbocycles. The van der Waals surface area contributed by atoms with Crippen LogP contribution in [-0.4, -0.2) is 35.9 Å². The van der Waals surface area contributed by atoms with E-state index >= 15 is 0 Å². The first-order valence-electron chi connectivity index (χ1n) is 9.82. The van der Waals surface area contributed by atoms with Gasteiger partial charge in [0.2, 0.25) is 0 Å². The number of benzene rings is 1. The quantitative estimate of drug-likeness (QED) is 0.655. The molecular formula is C22H35NO5. The van der Waals surface area contributed by atoms with Crippen LogP contribution in [0, 0.1) is 11.8 Å². The van der Waals surface area contributed by atoms with Crippen molar-refractivity contribution in [2.45, 2.75) is 79.2 Å². The Kier molecular flexibility index (Phi) is 8.79. The number of para-hydroxylation sites is 1. The molecule has 28 heavy (non-hydrogen) atoms. The van der Waals surface area contributed by atoms with Gasteiger partial charge in [-0.15, -0.1) is 0 Å². The molecule has 0 saturated carbocycles. The lowest BCUT2D eigenvalue weighted by Gasteiger charge is -2.33. The van der Waals surface area contributed by atoms with Gasteiger partial charge in [-0.1, -0.05) is 45.9 Å². The lowest BCUT2D eigenvalue weighted by Crippen LogP contribution is -2.48. The Morgan fingerprint density at radius 1 is 0.893 bits per heavy atom. The van der Waals surface area contributed by atoms with Gasteiger partial charge < -0.3 is 19.5 Å². The van der Waals surface area contributed by atoms with E-state index in [9.17, 15) is 9.59 Å². The number of alkyl carbamates (subject to hydrolysis) is 1. The van der Waals surface area contributed by atoms with Gasteiger partial charge in [0.25, 0.3) is 0 Å². The van der Waals surface area contributed by atoms with Crippen molar-refractivity contribution < 1.29 is 23.8 Å². The number of carbonyl (C=O) groups excluding carboxylic acids is 2. The van der Waals surface area contributed by atoms with E-state index in [2.05, 4.69) is 5.32 Å². The van der Waals surface area contributed by atoms with Crippen molar-refractivity contribution in [2.24, 2.45) is 11.8 Å². The van der Waals surface area contributed by atoms with Crippen LogP contribution < -0.4 is 10.1 Å². The number of rotatable bonds is 8. The number of esters is 1. The van der Waals surface area contributed by atoms with Crippen LogP contribution in [0.4, 0.5) is 4.79 Å². The minimum atomic E-state index is -0.833. The van der Waals surface area contributed by atoms with Gasteiger partial charge in [-0.25, -0.2) is 9.59 Å². The molecule has 1 N–H and O–H groups in total. The van der Waals surface area contributed by atoms with Gasteiger partial charge in [0.05, 0.1) is 0 Å². The molecule has 6 heteroatoms. The second-order valence-corrected chi connectivity index (χ2v) is 8.65. The zero-order valence-electron chi connectivity index (χ0n) is 18.3.